The Morgan fingerprint density at radius 3 is 2.67 bits per heavy atom. The van der Waals surface area contributed by atoms with Crippen LogP contribution in [-0.2, 0) is 14.4 Å². The fourth-order valence-corrected chi connectivity index (χ4v) is 0.562. The molecule has 1 atom stereocenters. The standard InChI is InChI=1S/C6H12N2O4/c1-8-12-5(9)3-2-4(7)6(10)11/h4,8H,2-3,7H2,1H3,(H,10,11)/t4-/m0/s1. The second-order valence-electron chi connectivity index (χ2n) is 2.16. The van der Waals surface area contributed by atoms with Gasteiger partial charge in [0, 0.05) is 13.5 Å². The van der Waals surface area contributed by atoms with E-state index in [0.717, 1.165) is 0 Å². The lowest BCUT2D eigenvalue weighted by molar-refractivity contribution is -0.150. The number of aliphatic carboxylic acids is 1. The molecule has 0 radical (unpaired) electrons. The van der Waals surface area contributed by atoms with Crippen LogP contribution in [0.5, 0.6) is 0 Å². The fourth-order valence-electron chi connectivity index (χ4n) is 0.562. The Hall–Kier alpha value is -1.14. The summed E-state index contributed by atoms with van der Waals surface area (Å²) in [5.74, 6) is -1.64. The van der Waals surface area contributed by atoms with E-state index >= 15 is 0 Å². The van der Waals surface area contributed by atoms with Gasteiger partial charge in [-0.2, -0.15) is 5.48 Å². The lowest BCUT2D eigenvalue weighted by Gasteiger charge is -2.04. The molecule has 4 N–H and O–H groups in total. The van der Waals surface area contributed by atoms with Gasteiger partial charge in [-0.05, 0) is 6.42 Å². The minimum atomic E-state index is -1.12. The fraction of sp³-hybridized carbons (Fsp3) is 0.667. The Balaban J connectivity index is 3.54. The van der Waals surface area contributed by atoms with Crippen LogP contribution in [0.3, 0.4) is 0 Å². The van der Waals surface area contributed by atoms with Gasteiger partial charge < -0.3 is 15.7 Å². The summed E-state index contributed by atoms with van der Waals surface area (Å²) in [6, 6.07) is -1.01. The third kappa shape index (κ3) is 4.64. The van der Waals surface area contributed by atoms with E-state index in [9.17, 15) is 9.59 Å². The van der Waals surface area contributed by atoms with Crippen LogP contribution in [0.25, 0.3) is 0 Å². The summed E-state index contributed by atoms with van der Waals surface area (Å²) >= 11 is 0. The SMILES string of the molecule is CNOC(=O)CC[C@H](N)C(=O)O. The number of carbonyl (C=O) groups excluding carboxylic acids is 1. The molecular formula is C6H12N2O4. The minimum absolute atomic E-state index is 0.00565. The zero-order valence-corrected chi connectivity index (χ0v) is 6.74. The van der Waals surface area contributed by atoms with Gasteiger partial charge in [0.15, 0.2) is 0 Å². The highest BCUT2D eigenvalue weighted by Gasteiger charge is 2.13. The van der Waals surface area contributed by atoms with Gasteiger partial charge in [-0.25, -0.2) is 0 Å². The third-order valence-corrected chi connectivity index (χ3v) is 1.19. The molecule has 0 fully saturated rings. The average Bonchev–Trinajstić information content (AvgIpc) is 2.00. The van der Waals surface area contributed by atoms with Crippen LogP contribution < -0.4 is 11.2 Å². The van der Waals surface area contributed by atoms with E-state index in [1.54, 1.807) is 0 Å². The second-order valence-corrected chi connectivity index (χ2v) is 2.16. The molecule has 0 heterocycles. The van der Waals surface area contributed by atoms with Crippen molar-refractivity contribution < 1.29 is 19.5 Å². The highest BCUT2D eigenvalue weighted by molar-refractivity contribution is 5.75. The quantitative estimate of drug-likeness (QED) is 0.457. The van der Waals surface area contributed by atoms with Gasteiger partial charge >= 0.3 is 11.9 Å². The molecular weight excluding hydrogens is 164 g/mol. The number of carbonyl (C=O) groups is 2. The topological polar surface area (TPSA) is 102 Å². The van der Waals surface area contributed by atoms with Gasteiger partial charge in [0.2, 0.25) is 0 Å². The molecule has 0 aliphatic heterocycles. The van der Waals surface area contributed by atoms with E-state index in [1.165, 1.54) is 7.05 Å². The molecule has 0 saturated carbocycles. The molecule has 12 heavy (non-hydrogen) atoms. The van der Waals surface area contributed by atoms with Crippen LogP contribution in [0.15, 0.2) is 0 Å². The molecule has 0 rings (SSSR count). The molecule has 6 nitrogen and oxygen atoms in total. The molecule has 6 heteroatoms. The molecule has 0 bridgehead atoms. The van der Waals surface area contributed by atoms with Crippen molar-refractivity contribution in [3.8, 4) is 0 Å². The summed E-state index contributed by atoms with van der Waals surface area (Å²) in [5, 5.41) is 8.33. The van der Waals surface area contributed by atoms with Crippen molar-refractivity contribution in [1.29, 1.82) is 0 Å². The zero-order valence-electron chi connectivity index (χ0n) is 6.74. The van der Waals surface area contributed by atoms with Gasteiger partial charge in [0.25, 0.3) is 0 Å². The van der Waals surface area contributed by atoms with E-state index in [0.29, 0.717) is 0 Å². The zero-order chi connectivity index (χ0) is 9.56. The van der Waals surface area contributed by atoms with E-state index in [4.69, 9.17) is 10.8 Å². The molecule has 0 aromatic rings. The van der Waals surface area contributed by atoms with Gasteiger partial charge in [0.1, 0.15) is 6.04 Å². The number of nitrogens with two attached hydrogens (primary N) is 1. The van der Waals surface area contributed by atoms with Crippen LogP contribution in [0.1, 0.15) is 12.8 Å². The Morgan fingerprint density at radius 2 is 2.25 bits per heavy atom. The van der Waals surface area contributed by atoms with Crippen molar-refractivity contribution in [1.82, 2.24) is 5.48 Å². The maximum atomic E-state index is 10.6. The number of rotatable bonds is 5. The molecule has 0 aliphatic rings. The first-order valence-corrected chi connectivity index (χ1v) is 3.42. The van der Waals surface area contributed by atoms with Crippen molar-refractivity contribution >= 4 is 11.9 Å². The third-order valence-electron chi connectivity index (χ3n) is 1.19. The van der Waals surface area contributed by atoms with Crippen LogP contribution in [0.2, 0.25) is 0 Å². The smallest absolute Gasteiger partial charge is 0.324 e. The van der Waals surface area contributed by atoms with Crippen molar-refractivity contribution in [3.05, 3.63) is 0 Å². The normalized spacial score (nSPS) is 12.2. The molecule has 0 aromatic carbocycles. The Morgan fingerprint density at radius 1 is 1.67 bits per heavy atom. The van der Waals surface area contributed by atoms with Gasteiger partial charge in [-0.15, -0.1) is 0 Å². The van der Waals surface area contributed by atoms with Gasteiger partial charge in [-0.1, -0.05) is 0 Å². The van der Waals surface area contributed by atoms with Crippen molar-refractivity contribution in [2.75, 3.05) is 7.05 Å². The second kappa shape index (κ2) is 5.50. The number of hydrogen-bond donors (Lipinski definition) is 3. The average molecular weight is 176 g/mol. The van der Waals surface area contributed by atoms with Crippen LogP contribution in [-0.4, -0.2) is 30.1 Å². The maximum Gasteiger partial charge on any atom is 0.324 e. The lowest BCUT2D eigenvalue weighted by Crippen LogP contribution is -2.31. The number of hydrogen-bond acceptors (Lipinski definition) is 5. The predicted octanol–water partition coefficient (Wildman–Crippen LogP) is -1.14. The van der Waals surface area contributed by atoms with E-state index < -0.39 is 18.0 Å². The monoisotopic (exact) mass is 176 g/mol. The first-order valence-electron chi connectivity index (χ1n) is 3.42. The molecule has 0 amide bonds. The van der Waals surface area contributed by atoms with Crippen molar-refractivity contribution in [2.45, 2.75) is 18.9 Å². The van der Waals surface area contributed by atoms with E-state index in [2.05, 4.69) is 10.3 Å². The number of carboxylic acid groups (broad SMARTS) is 1. The van der Waals surface area contributed by atoms with Gasteiger partial charge in [-0.3, -0.25) is 9.59 Å². The van der Waals surface area contributed by atoms with Gasteiger partial charge in [0.05, 0.1) is 0 Å². The van der Waals surface area contributed by atoms with E-state index in [1.807, 2.05) is 0 Å². The van der Waals surface area contributed by atoms with Crippen LogP contribution >= 0.6 is 0 Å². The molecule has 0 aromatic heterocycles. The highest BCUT2D eigenvalue weighted by atomic mass is 16.7. The molecule has 0 spiro atoms. The summed E-state index contributed by atoms with van der Waals surface area (Å²) < 4.78 is 0. The number of carboxylic acids is 1. The summed E-state index contributed by atoms with van der Waals surface area (Å²) in [6.45, 7) is 0. The number of hydroxylamine groups is 1. The first-order chi connectivity index (χ1) is 5.57. The van der Waals surface area contributed by atoms with E-state index in [-0.39, 0.29) is 12.8 Å². The Bertz CT molecular complexity index is 171. The van der Waals surface area contributed by atoms with Crippen molar-refractivity contribution in [2.24, 2.45) is 5.73 Å². The van der Waals surface area contributed by atoms with Crippen LogP contribution in [0.4, 0.5) is 0 Å². The minimum Gasteiger partial charge on any atom is -0.480 e. The predicted molar refractivity (Wildman–Crippen MR) is 40.0 cm³/mol. The largest absolute Gasteiger partial charge is 0.480 e. The maximum absolute atomic E-state index is 10.6. The highest BCUT2D eigenvalue weighted by Crippen LogP contribution is 1.95. The summed E-state index contributed by atoms with van der Waals surface area (Å²) in [5.41, 5.74) is 7.32. The van der Waals surface area contributed by atoms with Crippen molar-refractivity contribution in [3.63, 3.8) is 0 Å². The molecule has 0 unspecified atom stereocenters. The summed E-state index contributed by atoms with van der Waals surface area (Å²) in [4.78, 5) is 25.1. The first kappa shape index (κ1) is 10.9. The summed E-state index contributed by atoms with van der Waals surface area (Å²) in [6.07, 6.45) is 0.0736. The molecule has 70 valence electrons. The van der Waals surface area contributed by atoms with Crippen LogP contribution in [0, 0.1) is 0 Å². The summed E-state index contributed by atoms with van der Waals surface area (Å²) in [7, 11) is 1.44. The Labute approximate surface area is 69.6 Å². The number of nitrogens with one attached hydrogen (secondary N) is 1. The molecule has 0 saturated heterocycles. The lowest BCUT2D eigenvalue weighted by atomic mass is 10.2. The Kier molecular flexibility index (Phi) is 4.98. The molecule has 0 aliphatic carbocycles.